The lowest BCUT2D eigenvalue weighted by molar-refractivity contribution is -0.157. The van der Waals surface area contributed by atoms with Crippen molar-refractivity contribution in [3.05, 3.63) is 48.5 Å². The third-order valence-corrected chi connectivity index (χ3v) is 2.88. The molecule has 0 saturated carbocycles. The number of hydrogen-bond acceptors (Lipinski definition) is 4. The maximum Gasteiger partial charge on any atom is 0.344 e. The van der Waals surface area contributed by atoms with Gasteiger partial charge in [0.15, 0.2) is 6.61 Å². The zero-order valence-electron chi connectivity index (χ0n) is 13.1. The number of carbonyl (C=O) groups is 1. The Morgan fingerprint density at radius 3 is 2.32 bits per heavy atom. The second kappa shape index (κ2) is 6.52. The van der Waals surface area contributed by atoms with Crippen LogP contribution >= 0.6 is 0 Å². The van der Waals surface area contributed by atoms with E-state index in [0.29, 0.717) is 11.4 Å². The van der Waals surface area contributed by atoms with E-state index in [9.17, 15) is 4.79 Å². The van der Waals surface area contributed by atoms with Gasteiger partial charge in [-0.3, -0.25) is 0 Å². The van der Waals surface area contributed by atoms with Crippen molar-refractivity contribution in [2.24, 2.45) is 0 Å². The molecular weight excluding hydrogens is 278 g/mol. The first-order valence-electron chi connectivity index (χ1n) is 7.15. The van der Waals surface area contributed by atoms with Gasteiger partial charge in [-0.1, -0.05) is 36.4 Å². The number of carbonyl (C=O) groups excluding carboxylic acids is 1. The minimum absolute atomic E-state index is 0.161. The molecule has 0 heterocycles. The molecule has 0 aromatic heterocycles. The summed E-state index contributed by atoms with van der Waals surface area (Å²) >= 11 is 0. The average Bonchev–Trinajstić information content (AvgIpc) is 2.45. The van der Waals surface area contributed by atoms with E-state index in [4.69, 9.17) is 15.2 Å². The molecule has 0 aliphatic heterocycles. The number of nitrogens with two attached hydrogens (primary N) is 1. The highest BCUT2D eigenvalue weighted by molar-refractivity contribution is 5.73. The number of benzene rings is 2. The van der Waals surface area contributed by atoms with Gasteiger partial charge in [0.2, 0.25) is 0 Å². The van der Waals surface area contributed by atoms with Crippen LogP contribution in [0.15, 0.2) is 48.5 Å². The van der Waals surface area contributed by atoms with Crippen LogP contribution in [0.5, 0.6) is 5.75 Å². The number of hydrogen-bond donors (Lipinski definition) is 1. The smallest absolute Gasteiger partial charge is 0.344 e. The molecule has 4 nitrogen and oxygen atoms in total. The van der Waals surface area contributed by atoms with Crippen molar-refractivity contribution in [1.29, 1.82) is 0 Å². The van der Waals surface area contributed by atoms with Gasteiger partial charge in [-0.15, -0.1) is 0 Å². The second-order valence-electron chi connectivity index (χ2n) is 5.99. The van der Waals surface area contributed by atoms with Gasteiger partial charge in [0.25, 0.3) is 0 Å². The third-order valence-electron chi connectivity index (χ3n) is 2.88. The summed E-state index contributed by atoms with van der Waals surface area (Å²) in [6.07, 6.45) is 0. The summed E-state index contributed by atoms with van der Waals surface area (Å²) < 4.78 is 10.6. The molecular formula is C18H21NO3. The molecule has 2 N–H and O–H groups in total. The highest BCUT2D eigenvalue weighted by Gasteiger charge is 2.17. The number of nitrogen functional groups attached to an aromatic ring is 1. The lowest BCUT2D eigenvalue weighted by Crippen LogP contribution is -2.27. The first-order chi connectivity index (χ1) is 10.3. The van der Waals surface area contributed by atoms with Gasteiger partial charge in [-0.25, -0.2) is 4.79 Å². The summed E-state index contributed by atoms with van der Waals surface area (Å²) in [5, 5.41) is 0. The van der Waals surface area contributed by atoms with Gasteiger partial charge < -0.3 is 15.2 Å². The normalized spacial score (nSPS) is 11.0. The molecule has 0 aliphatic carbocycles. The molecule has 0 amide bonds. The van der Waals surface area contributed by atoms with Gasteiger partial charge >= 0.3 is 5.97 Å². The molecule has 0 atom stereocenters. The Labute approximate surface area is 130 Å². The Bertz CT molecular complexity index is 645. The van der Waals surface area contributed by atoms with Crippen LogP contribution in [0.1, 0.15) is 20.8 Å². The van der Waals surface area contributed by atoms with Crippen LogP contribution in [0.3, 0.4) is 0 Å². The maximum absolute atomic E-state index is 11.6. The van der Waals surface area contributed by atoms with Crippen molar-refractivity contribution >= 4 is 11.7 Å². The van der Waals surface area contributed by atoms with E-state index in [0.717, 1.165) is 11.1 Å². The molecule has 2 rings (SSSR count). The molecule has 0 unspecified atom stereocenters. The predicted molar refractivity (Wildman–Crippen MR) is 87.6 cm³/mol. The summed E-state index contributed by atoms with van der Waals surface area (Å²) in [5.41, 5.74) is 8.04. The SMILES string of the molecule is CC(C)(C)OC(=O)COc1ccc(-c2ccccc2)cc1N. The minimum atomic E-state index is -0.525. The fourth-order valence-corrected chi connectivity index (χ4v) is 2.00. The second-order valence-corrected chi connectivity index (χ2v) is 5.99. The molecule has 2 aromatic rings. The van der Waals surface area contributed by atoms with E-state index in [1.54, 1.807) is 6.07 Å². The maximum atomic E-state index is 11.6. The van der Waals surface area contributed by atoms with Gasteiger partial charge in [0.1, 0.15) is 11.4 Å². The van der Waals surface area contributed by atoms with Crippen molar-refractivity contribution in [2.75, 3.05) is 12.3 Å². The number of anilines is 1. The van der Waals surface area contributed by atoms with Crippen molar-refractivity contribution < 1.29 is 14.3 Å². The largest absolute Gasteiger partial charge is 0.480 e. The Morgan fingerprint density at radius 2 is 1.73 bits per heavy atom. The number of rotatable bonds is 4. The van der Waals surface area contributed by atoms with E-state index in [2.05, 4.69) is 0 Å². The minimum Gasteiger partial charge on any atom is -0.480 e. The molecule has 4 heteroatoms. The first kappa shape index (κ1) is 15.9. The summed E-state index contributed by atoms with van der Waals surface area (Å²) in [7, 11) is 0. The Hall–Kier alpha value is -2.49. The zero-order valence-corrected chi connectivity index (χ0v) is 13.1. The van der Waals surface area contributed by atoms with Crippen molar-refractivity contribution in [1.82, 2.24) is 0 Å². The number of esters is 1. The van der Waals surface area contributed by atoms with Crippen molar-refractivity contribution in [3.63, 3.8) is 0 Å². The Balaban J connectivity index is 2.03. The average molecular weight is 299 g/mol. The van der Waals surface area contributed by atoms with E-state index in [1.165, 1.54) is 0 Å². The Kier molecular flexibility index (Phi) is 4.71. The molecule has 0 bridgehead atoms. The third kappa shape index (κ3) is 4.52. The molecule has 0 aliphatic rings. The quantitative estimate of drug-likeness (QED) is 0.691. The lowest BCUT2D eigenvalue weighted by atomic mass is 10.1. The monoisotopic (exact) mass is 299 g/mol. The highest BCUT2D eigenvalue weighted by Crippen LogP contribution is 2.28. The standard InChI is InChI=1S/C18H21NO3/c1-18(2,3)22-17(20)12-21-16-10-9-14(11-15(16)19)13-7-5-4-6-8-13/h4-11H,12,19H2,1-3H3. The highest BCUT2D eigenvalue weighted by atomic mass is 16.6. The Morgan fingerprint density at radius 1 is 1.05 bits per heavy atom. The summed E-state index contributed by atoms with van der Waals surface area (Å²) in [6.45, 7) is 5.28. The van der Waals surface area contributed by atoms with Crippen LogP contribution in [0.2, 0.25) is 0 Å². The first-order valence-corrected chi connectivity index (χ1v) is 7.15. The zero-order chi connectivity index (χ0) is 16.2. The van der Waals surface area contributed by atoms with Crippen molar-refractivity contribution in [2.45, 2.75) is 26.4 Å². The van der Waals surface area contributed by atoms with Gasteiger partial charge in [0.05, 0.1) is 5.69 Å². The van der Waals surface area contributed by atoms with Crippen LogP contribution in [0.25, 0.3) is 11.1 Å². The molecule has 116 valence electrons. The van der Waals surface area contributed by atoms with E-state index >= 15 is 0 Å². The van der Waals surface area contributed by atoms with Gasteiger partial charge in [-0.05, 0) is 44.0 Å². The van der Waals surface area contributed by atoms with E-state index in [1.807, 2.05) is 63.2 Å². The molecule has 0 fully saturated rings. The van der Waals surface area contributed by atoms with Gasteiger partial charge in [-0.2, -0.15) is 0 Å². The summed E-state index contributed by atoms with van der Waals surface area (Å²) in [6, 6.07) is 15.4. The molecule has 0 radical (unpaired) electrons. The van der Waals surface area contributed by atoms with Crippen molar-refractivity contribution in [3.8, 4) is 16.9 Å². The molecule has 22 heavy (non-hydrogen) atoms. The summed E-state index contributed by atoms with van der Waals surface area (Å²) in [4.78, 5) is 11.6. The molecule has 0 saturated heterocycles. The van der Waals surface area contributed by atoms with E-state index in [-0.39, 0.29) is 6.61 Å². The van der Waals surface area contributed by atoms with Crippen LogP contribution in [-0.2, 0) is 9.53 Å². The van der Waals surface area contributed by atoms with E-state index < -0.39 is 11.6 Å². The molecule has 2 aromatic carbocycles. The predicted octanol–water partition coefficient (Wildman–Crippen LogP) is 3.66. The van der Waals surface area contributed by atoms with Crippen LogP contribution < -0.4 is 10.5 Å². The number of ether oxygens (including phenoxy) is 2. The molecule has 0 spiro atoms. The lowest BCUT2D eigenvalue weighted by Gasteiger charge is -2.19. The fraction of sp³-hybridized carbons (Fsp3) is 0.278. The van der Waals surface area contributed by atoms with Gasteiger partial charge in [0, 0.05) is 0 Å². The van der Waals surface area contributed by atoms with Crippen LogP contribution in [-0.4, -0.2) is 18.2 Å². The van der Waals surface area contributed by atoms with Crippen LogP contribution in [0, 0.1) is 0 Å². The topological polar surface area (TPSA) is 61.5 Å². The fourth-order valence-electron chi connectivity index (χ4n) is 2.00. The summed E-state index contributed by atoms with van der Waals surface area (Å²) in [5.74, 6) is 0.0598. The van der Waals surface area contributed by atoms with Crippen LogP contribution in [0.4, 0.5) is 5.69 Å².